The van der Waals surface area contributed by atoms with Crippen LogP contribution in [0.1, 0.15) is 19.8 Å². The van der Waals surface area contributed by atoms with Gasteiger partial charge in [0.25, 0.3) is 0 Å². The minimum Gasteiger partial charge on any atom is -0.319 e. The monoisotopic (exact) mass is 147 g/mol. The Morgan fingerprint density at radius 3 is 2.40 bits per heavy atom. The van der Waals surface area contributed by atoms with Gasteiger partial charge in [-0.2, -0.15) is 4.39 Å². The normalized spacial score (nSPS) is 12.7. The third-order valence-corrected chi connectivity index (χ3v) is 1.10. The van der Waals surface area contributed by atoms with E-state index >= 15 is 0 Å². The number of carbonyl (C=O) groups is 2. The number of rotatable bonds is 4. The molecule has 0 aromatic carbocycles. The van der Waals surface area contributed by atoms with Gasteiger partial charge < -0.3 is 10.5 Å². The molecule has 0 spiro atoms. The van der Waals surface area contributed by atoms with Gasteiger partial charge in [0, 0.05) is 6.42 Å². The summed E-state index contributed by atoms with van der Waals surface area (Å²) in [5, 5.41) is 0. The number of nitrogens with two attached hydrogens (primary N) is 1. The van der Waals surface area contributed by atoms with Crippen molar-refractivity contribution in [3.63, 3.8) is 0 Å². The maximum atomic E-state index is 11.7. The van der Waals surface area contributed by atoms with Gasteiger partial charge in [0.1, 0.15) is 5.78 Å². The molecule has 0 radical (unpaired) electrons. The van der Waals surface area contributed by atoms with Crippen molar-refractivity contribution in [2.45, 2.75) is 25.8 Å². The number of halogens is 1. The summed E-state index contributed by atoms with van der Waals surface area (Å²) in [6, 6.07) is -2.68. The molecule has 2 N–H and O–H groups in total. The molecule has 1 atom stereocenters. The van der Waals surface area contributed by atoms with Gasteiger partial charge in [-0.05, 0) is 13.3 Å². The summed E-state index contributed by atoms with van der Waals surface area (Å²) in [5.74, 6) is -0.0864. The highest BCUT2D eigenvalue weighted by Crippen LogP contribution is 1.96. The van der Waals surface area contributed by atoms with Crippen LogP contribution in [0.15, 0.2) is 0 Å². The number of carbonyl (C=O) groups excluding carboxylic acids is 2. The van der Waals surface area contributed by atoms with Crippen LogP contribution in [0.4, 0.5) is 4.39 Å². The first kappa shape index (κ1) is 9.23. The van der Waals surface area contributed by atoms with Gasteiger partial charge in [-0.1, -0.05) is 0 Å². The van der Waals surface area contributed by atoms with E-state index in [9.17, 15) is 14.0 Å². The predicted molar refractivity (Wildman–Crippen MR) is 34.0 cm³/mol. The van der Waals surface area contributed by atoms with E-state index in [-0.39, 0.29) is 18.6 Å². The van der Waals surface area contributed by atoms with Gasteiger partial charge >= 0.3 is 6.04 Å². The minimum absolute atomic E-state index is 0.0864. The summed E-state index contributed by atoms with van der Waals surface area (Å²) in [7, 11) is 0. The summed E-state index contributed by atoms with van der Waals surface area (Å²) in [6.07, 6.45) is 0.265. The third kappa shape index (κ3) is 4.14. The number of hydrogen-bond donors (Lipinski definition) is 1. The SMILES string of the molecule is CC(=O)CCC(N)C(=O)F. The Morgan fingerprint density at radius 1 is 1.60 bits per heavy atom. The lowest BCUT2D eigenvalue weighted by Gasteiger charge is -2.00. The first-order valence-corrected chi connectivity index (χ1v) is 2.98. The molecule has 0 rings (SSSR count). The van der Waals surface area contributed by atoms with Crippen LogP contribution < -0.4 is 5.73 Å². The van der Waals surface area contributed by atoms with Crippen molar-refractivity contribution in [3.05, 3.63) is 0 Å². The maximum Gasteiger partial charge on any atom is 0.318 e. The fourth-order valence-corrected chi connectivity index (χ4v) is 0.472. The van der Waals surface area contributed by atoms with Crippen LogP contribution in [0.2, 0.25) is 0 Å². The second-order valence-electron chi connectivity index (χ2n) is 2.15. The largest absolute Gasteiger partial charge is 0.319 e. The van der Waals surface area contributed by atoms with E-state index in [1.807, 2.05) is 0 Å². The van der Waals surface area contributed by atoms with Gasteiger partial charge in [-0.25, -0.2) is 0 Å². The van der Waals surface area contributed by atoms with Gasteiger partial charge in [-0.15, -0.1) is 0 Å². The van der Waals surface area contributed by atoms with Gasteiger partial charge in [0.05, 0.1) is 6.04 Å². The van der Waals surface area contributed by atoms with Crippen molar-refractivity contribution in [2.75, 3.05) is 0 Å². The molecule has 3 nitrogen and oxygen atoms in total. The van der Waals surface area contributed by atoms with Crippen LogP contribution >= 0.6 is 0 Å². The zero-order valence-corrected chi connectivity index (χ0v) is 5.76. The van der Waals surface area contributed by atoms with Crippen molar-refractivity contribution >= 4 is 11.8 Å². The van der Waals surface area contributed by atoms with E-state index in [0.717, 1.165) is 0 Å². The highest BCUT2D eigenvalue weighted by molar-refractivity contribution is 5.78. The topological polar surface area (TPSA) is 60.2 Å². The Balaban J connectivity index is 3.49. The van der Waals surface area contributed by atoms with Crippen molar-refractivity contribution in [1.82, 2.24) is 0 Å². The molecule has 0 bridgehead atoms. The molecule has 1 unspecified atom stereocenters. The molecule has 10 heavy (non-hydrogen) atoms. The lowest BCUT2D eigenvalue weighted by atomic mass is 10.1. The predicted octanol–water partition coefficient (Wildman–Crippen LogP) is 0.179. The lowest BCUT2D eigenvalue weighted by Crippen LogP contribution is -2.27. The highest BCUT2D eigenvalue weighted by Gasteiger charge is 2.11. The van der Waals surface area contributed by atoms with Gasteiger partial charge in [0.15, 0.2) is 0 Å². The van der Waals surface area contributed by atoms with E-state index in [1.54, 1.807) is 0 Å². The molecule has 0 aliphatic rings. The fourth-order valence-electron chi connectivity index (χ4n) is 0.472. The molecule has 0 saturated heterocycles. The Bertz CT molecular complexity index is 147. The smallest absolute Gasteiger partial charge is 0.318 e. The number of ketones is 1. The summed E-state index contributed by atoms with van der Waals surface area (Å²) in [4.78, 5) is 20.1. The highest BCUT2D eigenvalue weighted by atomic mass is 19.1. The van der Waals surface area contributed by atoms with Crippen molar-refractivity contribution in [2.24, 2.45) is 5.73 Å². The Hall–Kier alpha value is -0.770. The van der Waals surface area contributed by atoms with Crippen LogP contribution in [-0.2, 0) is 9.59 Å². The maximum absolute atomic E-state index is 11.7. The number of Topliss-reactive ketones (excluding diaryl/α,β-unsaturated/α-hetero) is 1. The van der Waals surface area contributed by atoms with Crippen molar-refractivity contribution < 1.29 is 14.0 Å². The quantitative estimate of drug-likeness (QED) is 0.577. The average molecular weight is 147 g/mol. The summed E-state index contributed by atoms with van der Waals surface area (Å²) >= 11 is 0. The molecule has 0 heterocycles. The lowest BCUT2D eigenvalue weighted by molar-refractivity contribution is -0.130. The van der Waals surface area contributed by atoms with Gasteiger partial charge in [0.2, 0.25) is 0 Å². The van der Waals surface area contributed by atoms with E-state index in [1.165, 1.54) is 6.92 Å². The zero-order valence-electron chi connectivity index (χ0n) is 5.76. The fraction of sp³-hybridized carbons (Fsp3) is 0.667. The first-order chi connectivity index (χ1) is 4.54. The molecule has 0 aliphatic carbocycles. The second kappa shape index (κ2) is 4.11. The van der Waals surface area contributed by atoms with Crippen LogP contribution in [0.25, 0.3) is 0 Å². The van der Waals surface area contributed by atoms with Crippen LogP contribution in [-0.4, -0.2) is 17.9 Å². The molecule has 0 aromatic heterocycles. The van der Waals surface area contributed by atoms with E-state index in [4.69, 9.17) is 5.73 Å². The van der Waals surface area contributed by atoms with Crippen LogP contribution in [0.5, 0.6) is 0 Å². The van der Waals surface area contributed by atoms with E-state index < -0.39 is 12.1 Å². The summed E-state index contributed by atoms with van der Waals surface area (Å²) in [5.41, 5.74) is 4.99. The Kier molecular flexibility index (Phi) is 3.79. The first-order valence-electron chi connectivity index (χ1n) is 2.98. The summed E-state index contributed by atoms with van der Waals surface area (Å²) < 4.78 is 11.7. The minimum atomic E-state index is -1.55. The standard InChI is InChI=1S/C6H10FNO2/c1-4(9)2-3-5(8)6(7)10/h5H,2-3,8H2,1H3. The molecule has 0 fully saturated rings. The van der Waals surface area contributed by atoms with Crippen molar-refractivity contribution in [3.8, 4) is 0 Å². The molecule has 0 saturated carbocycles. The van der Waals surface area contributed by atoms with Crippen LogP contribution in [0.3, 0.4) is 0 Å². The van der Waals surface area contributed by atoms with Gasteiger partial charge in [-0.3, -0.25) is 4.79 Å². The van der Waals surface area contributed by atoms with E-state index in [2.05, 4.69) is 0 Å². The molecular weight excluding hydrogens is 137 g/mol. The van der Waals surface area contributed by atoms with Crippen LogP contribution in [0, 0.1) is 0 Å². The zero-order chi connectivity index (χ0) is 8.15. The average Bonchev–Trinajstić information content (AvgIpc) is 1.82. The van der Waals surface area contributed by atoms with E-state index in [0.29, 0.717) is 0 Å². The molecular formula is C6H10FNO2. The molecule has 0 aromatic rings. The summed E-state index contributed by atoms with van der Waals surface area (Å²) in [6.45, 7) is 1.37. The number of hydrogen-bond acceptors (Lipinski definition) is 3. The second-order valence-corrected chi connectivity index (χ2v) is 2.15. The van der Waals surface area contributed by atoms with Crippen molar-refractivity contribution in [1.29, 1.82) is 0 Å². The Morgan fingerprint density at radius 2 is 2.10 bits per heavy atom. The third-order valence-electron chi connectivity index (χ3n) is 1.10. The molecule has 0 amide bonds. The Labute approximate surface area is 58.4 Å². The molecule has 4 heteroatoms. The molecule has 0 aliphatic heterocycles. The molecule has 58 valence electrons.